The summed E-state index contributed by atoms with van der Waals surface area (Å²) in [5.41, 5.74) is 1.46. The zero-order valence-corrected chi connectivity index (χ0v) is 12.0. The van der Waals surface area contributed by atoms with E-state index in [1.807, 2.05) is 0 Å². The van der Waals surface area contributed by atoms with Gasteiger partial charge in [0.1, 0.15) is 0 Å². The normalized spacial score (nSPS) is 13.0. The highest BCUT2D eigenvalue weighted by atomic mass is 79.9. The van der Waals surface area contributed by atoms with E-state index in [0.29, 0.717) is 6.04 Å². The lowest BCUT2D eigenvalue weighted by Crippen LogP contribution is -2.29. The summed E-state index contributed by atoms with van der Waals surface area (Å²) >= 11 is 5.36. The predicted octanol–water partition coefficient (Wildman–Crippen LogP) is 4.22. The van der Waals surface area contributed by atoms with Gasteiger partial charge in [0.25, 0.3) is 0 Å². The van der Waals surface area contributed by atoms with E-state index in [-0.39, 0.29) is 0 Å². The van der Waals surface area contributed by atoms with Crippen molar-refractivity contribution in [2.24, 2.45) is 0 Å². The Hall–Kier alpha value is 0.140. The fourth-order valence-electron chi connectivity index (χ4n) is 1.61. The molecule has 1 heterocycles. The van der Waals surface area contributed by atoms with E-state index in [2.05, 4.69) is 45.9 Å². The van der Waals surface area contributed by atoms with Crippen LogP contribution >= 0.6 is 27.3 Å². The van der Waals surface area contributed by atoms with Crippen LogP contribution in [0.2, 0.25) is 0 Å². The van der Waals surface area contributed by atoms with Crippen LogP contribution < -0.4 is 5.32 Å². The number of nitrogens with one attached hydrogen (secondary N) is 1. The van der Waals surface area contributed by atoms with Crippen LogP contribution in [0.25, 0.3) is 0 Å². The fourth-order valence-corrected chi connectivity index (χ4v) is 3.15. The first-order chi connectivity index (χ1) is 7.27. The molecule has 0 spiro atoms. The van der Waals surface area contributed by atoms with Crippen molar-refractivity contribution in [2.45, 2.75) is 45.6 Å². The topological polar surface area (TPSA) is 12.0 Å². The maximum atomic E-state index is 3.59. The van der Waals surface area contributed by atoms with Crippen molar-refractivity contribution >= 4 is 27.3 Å². The minimum Gasteiger partial charge on any atom is -0.314 e. The lowest BCUT2D eigenvalue weighted by atomic mass is 10.1. The van der Waals surface area contributed by atoms with Crippen LogP contribution in [0.3, 0.4) is 0 Å². The van der Waals surface area contributed by atoms with Crippen molar-refractivity contribution in [2.75, 3.05) is 6.54 Å². The molecule has 1 atom stereocenters. The Kier molecular flexibility index (Phi) is 6.53. The third-order valence-electron chi connectivity index (χ3n) is 2.63. The fraction of sp³-hybridized carbons (Fsp3) is 0.667. The Morgan fingerprint density at radius 1 is 1.40 bits per heavy atom. The predicted molar refractivity (Wildman–Crippen MR) is 72.7 cm³/mol. The van der Waals surface area contributed by atoms with Gasteiger partial charge in [0, 0.05) is 15.9 Å². The van der Waals surface area contributed by atoms with E-state index in [1.165, 1.54) is 35.7 Å². The number of thiophene rings is 1. The smallest absolute Gasteiger partial charge is 0.0314 e. The van der Waals surface area contributed by atoms with Gasteiger partial charge in [-0.2, -0.15) is 11.3 Å². The summed E-state index contributed by atoms with van der Waals surface area (Å²) in [6.45, 7) is 5.62. The highest BCUT2D eigenvalue weighted by molar-refractivity contribution is 9.10. The van der Waals surface area contributed by atoms with E-state index >= 15 is 0 Å². The molecule has 0 saturated carbocycles. The van der Waals surface area contributed by atoms with Crippen LogP contribution in [-0.4, -0.2) is 12.6 Å². The molecule has 0 aliphatic carbocycles. The molecule has 86 valence electrons. The molecule has 1 unspecified atom stereocenters. The van der Waals surface area contributed by atoms with Crippen LogP contribution in [-0.2, 0) is 6.42 Å². The number of hydrogen-bond acceptors (Lipinski definition) is 2. The average molecular weight is 290 g/mol. The first-order valence-electron chi connectivity index (χ1n) is 5.71. The van der Waals surface area contributed by atoms with Crippen molar-refractivity contribution in [1.82, 2.24) is 5.32 Å². The van der Waals surface area contributed by atoms with Gasteiger partial charge in [-0.3, -0.25) is 0 Å². The highest BCUT2D eigenvalue weighted by Crippen LogP contribution is 2.23. The van der Waals surface area contributed by atoms with Gasteiger partial charge in [-0.25, -0.2) is 0 Å². The molecule has 0 aliphatic heterocycles. The van der Waals surface area contributed by atoms with Crippen molar-refractivity contribution in [1.29, 1.82) is 0 Å². The van der Waals surface area contributed by atoms with E-state index < -0.39 is 0 Å². The summed E-state index contributed by atoms with van der Waals surface area (Å²) in [7, 11) is 0. The second-order valence-electron chi connectivity index (χ2n) is 3.84. The third-order valence-corrected chi connectivity index (χ3v) is 4.46. The average Bonchev–Trinajstić information content (AvgIpc) is 2.65. The van der Waals surface area contributed by atoms with Gasteiger partial charge < -0.3 is 5.32 Å². The first-order valence-corrected chi connectivity index (χ1v) is 7.45. The quantitative estimate of drug-likeness (QED) is 0.792. The molecule has 0 amide bonds. The monoisotopic (exact) mass is 289 g/mol. The molecule has 0 saturated heterocycles. The van der Waals surface area contributed by atoms with Gasteiger partial charge >= 0.3 is 0 Å². The molecule has 1 rings (SSSR count). The van der Waals surface area contributed by atoms with Crippen molar-refractivity contribution in [3.05, 3.63) is 20.8 Å². The Bertz CT molecular complexity index is 272. The number of aryl methyl sites for hydroxylation is 1. The van der Waals surface area contributed by atoms with Gasteiger partial charge in [-0.1, -0.05) is 13.8 Å². The summed E-state index contributed by atoms with van der Waals surface area (Å²) in [5, 5.41) is 8.00. The van der Waals surface area contributed by atoms with Gasteiger partial charge in [0.15, 0.2) is 0 Å². The summed E-state index contributed by atoms with van der Waals surface area (Å²) in [5.74, 6) is 0. The molecule has 0 radical (unpaired) electrons. The molecule has 0 fully saturated rings. The third kappa shape index (κ3) is 4.66. The lowest BCUT2D eigenvalue weighted by Gasteiger charge is -2.16. The van der Waals surface area contributed by atoms with Crippen molar-refractivity contribution in [3.63, 3.8) is 0 Å². The SMILES string of the molecule is CCCNC(CC)CCc1cscc1Br. The standard InChI is InChI=1S/C12H20BrNS/c1-3-7-14-11(4-2)6-5-10-8-15-9-12(10)13/h8-9,11,14H,3-7H2,1-2H3. The van der Waals surface area contributed by atoms with Crippen molar-refractivity contribution in [3.8, 4) is 0 Å². The van der Waals surface area contributed by atoms with Crippen LogP contribution in [0, 0.1) is 0 Å². The molecule has 0 aliphatic rings. The summed E-state index contributed by atoms with van der Waals surface area (Å²) in [4.78, 5) is 0. The Morgan fingerprint density at radius 2 is 2.20 bits per heavy atom. The maximum Gasteiger partial charge on any atom is 0.0314 e. The molecule has 1 N–H and O–H groups in total. The van der Waals surface area contributed by atoms with E-state index in [0.717, 1.165) is 6.54 Å². The molecule has 0 bridgehead atoms. The molecule has 3 heteroatoms. The zero-order chi connectivity index (χ0) is 11.1. The molecular weight excluding hydrogens is 270 g/mol. The minimum absolute atomic E-state index is 0.678. The number of rotatable bonds is 7. The van der Waals surface area contributed by atoms with Crippen LogP contribution in [0.1, 0.15) is 38.7 Å². The molecular formula is C12H20BrNS. The largest absolute Gasteiger partial charge is 0.314 e. The van der Waals surface area contributed by atoms with E-state index in [4.69, 9.17) is 0 Å². The van der Waals surface area contributed by atoms with Crippen LogP contribution in [0.15, 0.2) is 15.2 Å². The molecule has 1 nitrogen and oxygen atoms in total. The lowest BCUT2D eigenvalue weighted by molar-refractivity contribution is 0.468. The Balaban J connectivity index is 2.31. The second kappa shape index (κ2) is 7.42. The van der Waals surface area contributed by atoms with E-state index in [1.54, 1.807) is 11.3 Å². The van der Waals surface area contributed by atoms with Gasteiger partial charge in [-0.15, -0.1) is 0 Å². The van der Waals surface area contributed by atoms with Crippen molar-refractivity contribution < 1.29 is 0 Å². The van der Waals surface area contributed by atoms with Crippen LogP contribution in [0.5, 0.6) is 0 Å². The maximum absolute atomic E-state index is 3.59. The first kappa shape index (κ1) is 13.2. The highest BCUT2D eigenvalue weighted by Gasteiger charge is 2.07. The Morgan fingerprint density at radius 3 is 2.73 bits per heavy atom. The van der Waals surface area contributed by atoms with Gasteiger partial charge in [-0.05, 0) is 59.1 Å². The Labute approximate surface area is 105 Å². The van der Waals surface area contributed by atoms with E-state index in [9.17, 15) is 0 Å². The van der Waals surface area contributed by atoms with Crippen LogP contribution in [0.4, 0.5) is 0 Å². The number of halogens is 1. The molecule has 15 heavy (non-hydrogen) atoms. The summed E-state index contributed by atoms with van der Waals surface area (Å²) in [6.07, 6.45) is 4.87. The minimum atomic E-state index is 0.678. The second-order valence-corrected chi connectivity index (χ2v) is 5.44. The summed E-state index contributed by atoms with van der Waals surface area (Å²) in [6, 6.07) is 0.678. The zero-order valence-electron chi connectivity index (χ0n) is 9.55. The van der Waals surface area contributed by atoms with Gasteiger partial charge in [0.05, 0.1) is 0 Å². The molecule has 1 aromatic heterocycles. The molecule has 1 aromatic rings. The summed E-state index contributed by atoms with van der Waals surface area (Å²) < 4.78 is 1.28. The molecule has 0 aromatic carbocycles. The number of hydrogen-bond donors (Lipinski definition) is 1. The van der Waals surface area contributed by atoms with Gasteiger partial charge in [0.2, 0.25) is 0 Å².